The molecule has 2 heterocycles. The highest BCUT2D eigenvalue weighted by Crippen LogP contribution is 2.21. The van der Waals surface area contributed by atoms with Crippen LogP contribution in [-0.2, 0) is 0 Å². The molecule has 2 N–H and O–H groups in total. The van der Waals surface area contributed by atoms with E-state index in [0.29, 0.717) is 0 Å². The normalized spacial score (nSPS) is 10.6. The maximum Gasteiger partial charge on any atom is 0.210 e. The quantitative estimate of drug-likeness (QED) is 0.703. The number of aromatic nitrogens is 3. The van der Waals surface area contributed by atoms with Gasteiger partial charge in [-0.2, -0.15) is 5.10 Å². The van der Waals surface area contributed by atoms with Crippen LogP contribution in [0.4, 0.5) is 5.69 Å². The first-order valence-electron chi connectivity index (χ1n) is 5.13. The maximum atomic E-state index is 5.66. The highest BCUT2D eigenvalue weighted by atomic mass is 32.1. The summed E-state index contributed by atoms with van der Waals surface area (Å²) in [5, 5.41) is 7.09. The summed E-state index contributed by atoms with van der Waals surface area (Å²) in [5.74, 6) is 0. The number of nitrogens with zero attached hydrogens (tertiary/aromatic N) is 3. The molecule has 0 spiro atoms. The zero-order chi connectivity index (χ0) is 11.7. The Balaban J connectivity index is 1.98. The van der Waals surface area contributed by atoms with Gasteiger partial charge in [0.05, 0.1) is 6.20 Å². The third-order valence-electron chi connectivity index (χ3n) is 2.44. The Hall–Kier alpha value is -2.14. The van der Waals surface area contributed by atoms with E-state index in [2.05, 4.69) is 10.1 Å². The van der Waals surface area contributed by atoms with Gasteiger partial charge < -0.3 is 5.73 Å². The molecule has 4 nitrogen and oxygen atoms in total. The van der Waals surface area contributed by atoms with Gasteiger partial charge in [0.15, 0.2) is 0 Å². The summed E-state index contributed by atoms with van der Waals surface area (Å²) < 4.78 is 1.77. The van der Waals surface area contributed by atoms with Crippen molar-refractivity contribution in [2.24, 2.45) is 0 Å². The van der Waals surface area contributed by atoms with Crippen LogP contribution in [0.3, 0.4) is 0 Å². The van der Waals surface area contributed by atoms with Crippen LogP contribution in [-0.4, -0.2) is 14.8 Å². The van der Waals surface area contributed by atoms with Crippen LogP contribution in [0, 0.1) is 0 Å². The number of thiazole rings is 1. The van der Waals surface area contributed by atoms with Gasteiger partial charge in [0.25, 0.3) is 0 Å². The molecule has 3 rings (SSSR count). The van der Waals surface area contributed by atoms with Crippen LogP contribution in [0.25, 0.3) is 16.3 Å². The molecule has 0 fully saturated rings. The van der Waals surface area contributed by atoms with Crippen molar-refractivity contribution in [1.29, 1.82) is 0 Å². The minimum atomic E-state index is 0.765. The number of anilines is 1. The molecule has 0 amide bonds. The predicted molar refractivity (Wildman–Crippen MR) is 69.1 cm³/mol. The van der Waals surface area contributed by atoms with Gasteiger partial charge in [-0.15, -0.1) is 11.3 Å². The average molecular weight is 242 g/mol. The van der Waals surface area contributed by atoms with Crippen molar-refractivity contribution in [3.63, 3.8) is 0 Å². The van der Waals surface area contributed by atoms with Crippen molar-refractivity contribution in [2.75, 3.05) is 5.73 Å². The Morgan fingerprint density at radius 1 is 1.12 bits per heavy atom. The summed E-state index contributed by atoms with van der Waals surface area (Å²) in [5.41, 5.74) is 8.58. The maximum absolute atomic E-state index is 5.66. The van der Waals surface area contributed by atoms with Gasteiger partial charge in [-0.3, -0.25) is 0 Å². The molecule has 0 saturated heterocycles. The van der Waals surface area contributed by atoms with Gasteiger partial charge in [-0.25, -0.2) is 9.67 Å². The van der Waals surface area contributed by atoms with Gasteiger partial charge >= 0.3 is 0 Å². The SMILES string of the molecule is Nc1ccc(-c2cnn(-c3nccs3)c2)cc1. The number of hydrogen-bond donors (Lipinski definition) is 1. The zero-order valence-corrected chi connectivity index (χ0v) is 9.76. The van der Waals surface area contributed by atoms with Crippen molar-refractivity contribution in [2.45, 2.75) is 0 Å². The highest BCUT2D eigenvalue weighted by molar-refractivity contribution is 7.12. The van der Waals surface area contributed by atoms with E-state index in [4.69, 9.17) is 5.73 Å². The largest absolute Gasteiger partial charge is 0.399 e. The molecule has 0 saturated carbocycles. The van der Waals surface area contributed by atoms with Crippen molar-refractivity contribution >= 4 is 17.0 Å². The Morgan fingerprint density at radius 2 is 1.94 bits per heavy atom. The molecule has 1 aromatic carbocycles. The summed E-state index contributed by atoms with van der Waals surface area (Å²) in [6, 6.07) is 7.74. The summed E-state index contributed by atoms with van der Waals surface area (Å²) >= 11 is 1.56. The summed E-state index contributed by atoms with van der Waals surface area (Å²) in [4.78, 5) is 4.21. The summed E-state index contributed by atoms with van der Waals surface area (Å²) in [6.07, 6.45) is 5.56. The molecule has 0 aliphatic heterocycles. The van der Waals surface area contributed by atoms with Crippen molar-refractivity contribution in [3.8, 4) is 16.3 Å². The lowest BCUT2D eigenvalue weighted by molar-refractivity contribution is 0.870. The number of nitrogen functional groups attached to an aromatic ring is 1. The van der Waals surface area contributed by atoms with E-state index in [-0.39, 0.29) is 0 Å². The molecular formula is C12H10N4S. The van der Waals surface area contributed by atoms with Crippen LogP contribution in [0.2, 0.25) is 0 Å². The fourth-order valence-corrected chi connectivity index (χ4v) is 2.15. The lowest BCUT2D eigenvalue weighted by Crippen LogP contribution is -1.91. The van der Waals surface area contributed by atoms with Crippen LogP contribution in [0.15, 0.2) is 48.2 Å². The monoisotopic (exact) mass is 242 g/mol. The van der Waals surface area contributed by atoms with Crippen LogP contribution in [0.1, 0.15) is 0 Å². The van der Waals surface area contributed by atoms with Crippen LogP contribution in [0.5, 0.6) is 0 Å². The molecule has 0 atom stereocenters. The van der Waals surface area contributed by atoms with E-state index >= 15 is 0 Å². The third kappa shape index (κ3) is 1.92. The zero-order valence-electron chi connectivity index (χ0n) is 8.95. The molecule has 0 bridgehead atoms. The van der Waals surface area contributed by atoms with E-state index in [0.717, 1.165) is 21.9 Å². The summed E-state index contributed by atoms with van der Waals surface area (Å²) in [6.45, 7) is 0. The number of benzene rings is 1. The average Bonchev–Trinajstić information content (AvgIpc) is 3.00. The topological polar surface area (TPSA) is 56.7 Å². The lowest BCUT2D eigenvalue weighted by atomic mass is 10.1. The van der Waals surface area contributed by atoms with Gasteiger partial charge in [0, 0.05) is 29.0 Å². The smallest absolute Gasteiger partial charge is 0.210 e. The van der Waals surface area contributed by atoms with Gasteiger partial charge in [0.2, 0.25) is 5.13 Å². The minimum absolute atomic E-state index is 0.765. The Labute approximate surface area is 102 Å². The van der Waals surface area contributed by atoms with Gasteiger partial charge in [-0.05, 0) is 17.7 Å². The first kappa shape index (κ1) is 10.0. The number of nitrogens with two attached hydrogens (primary N) is 1. The predicted octanol–water partition coefficient (Wildman–Crippen LogP) is 2.58. The molecule has 0 aliphatic rings. The van der Waals surface area contributed by atoms with E-state index in [1.54, 1.807) is 22.2 Å². The molecule has 0 unspecified atom stereocenters. The van der Waals surface area contributed by atoms with Gasteiger partial charge in [-0.1, -0.05) is 12.1 Å². The Bertz CT molecular complexity index is 610. The second-order valence-corrected chi connectivity index (χ2v) is 4.48. The van der Waals surface area contributed by atoms with Crippen molar-refractivity contribution < 1.29 is 0 Å². The molecule has 0 aliphatic carbocycles. The van der Waals surface area contributed by atoms with Gasteiger partial charge in [0.1, 0.15) is 0 Å². The molecule has 3 aromatic rings. The standard InChI is InChI=1S/C12H10N4S/c13-11-3-1-9(2-4-11)10-7-15-16(8-10)12-14-5-6-17-12/h1-8H,13H2. The first-order chi connectivity index (χ1) is 8.33. The molecule has 84 valence electrons. The van der Waals surface area contributed by atoms with E-state index in [1.165, 1.54) is 0 Å². The van der Waals surface area contributed by atoms with E-state index in [9.17, 15) is 0 Å². The highest BCUT2D eigenvalue weighted by Gasteiger charge is 2.04. The second kappa shape index (κ2) is 4.03. The fourth-order valence-electron chi connectivity index (χ4n) is 1.58. The number of hydrogen-bond acceptors (Lipinski definition) is 4. The van der Waals surface area contributed by atoms with Crippen molar-refractivity contribution in [1.82, 2.24) is 14.8 Å². The fraction of sp³-hybridized carbons (Fsp3) is 0. The molecule has 0 radical (unpaired) electrons. The van der Waals surface area contributed by atoms with E-state index < -0.39 is 0 Å². The Kier molecular flexibility index (Phi) is 2.38. The van der Waals surface area contributed by atoms with E-state index in [1.807, 2.05) is 42.0 Å². The third-order valence-corrected chi connectivity index (χ3v) is 3.20. The summed E-state index contributed by atoms with van der Waals surface area (Å²) in [7, 11) is 0. The first-order valence-corrected chi connectivity index (χ1v) is 6.01. The van der Waals surface area contributed by atoms with Crippen LogP contribution < -0.4 is 5.73 Å². The minimum Gasteiger partial charge on any atom is -0.399 e. The number of rotatable bonds is 2. The second-order valence-electron chi connectivity index (χ2n) is 3.61. The molecule has 5 heteroatoms. The molecular weight excluding hydrogens is 232 g/mol. The molecule has 2 aromatic heterocycles. The van der Waals surface area contributed by atoms with Crippen molar-refractivity contribution in [3.05, 3.63) is 48.2 Å². The Morgan fingerprint density at radius 3 is 2.65 bits per heavy atom. The molecule has 17 heavy (non-hydrogen) atoms. The lowest BCUT2D eigenvalue weighted by Gasteiger charge is -1.97. The van der Waals surface area contributed by atoms with Crippen LogP contribution >= 0.6 is 11.3 Å².